The van der Waals surface area contributed by atoms with E-state index in [1.807, 2.05) is 62.4 Å². The largest absolute Gasteiger partial charge is 0.263 e. The fraction of sp³-hybridized carbons (Fsp3) is 0.333. The average Bonchev–Trinajstić information content (AvgIpc) is 2.33. The van der Waals surface area contributed by atoms with E-state index in [0.29, 0.717) is 5.69 Å². The maximum atomic E-state index is 12.1. The fourth-order valence-electron chi connectivity index (χ4n) is 2.27. The van der Waals surface area contributed by atoms with E-state index in [1.54, 1.807) is 0 Å². The number of hydrogen-bond donors (Lipinski definition) is 0. The first-order chi connectivity index (χ1) is 8.89. The predicted octanol–water partition coefficient (Wildman–Crippen LogP) is 2.89. The highest BCUT2D eigenvalue weighted by Crippen LogP contribution is 2.27. The summed E-state index contributed by atoms with van der Waals surface area (Å²) in [5.74, 6) is 0.154. The number of nitrogens with zero attached hydrogens (tertiary/aromatic N) is 1. The molecule has 0 N–H and O–H groups in total. The van der Waals surface area contributed by atoms with Crippen LogP contribution in [0.2, 0.25) is 0 Å². The molecule has 2 rings (SSSR count). The SMILES string of the molecule is Cc1ccc(N(C2C=CC=CC2C)S(C)(=O)=O)cc1. The van der Waals surface area contributed by atoms with E-state index in [9.17, 15) is 8.42 Å². The summed E-state index contributed by atoms with van der Waals surface area (Å²) in [7, 11) is -3.32. The van der Waals surface area contributed by atoms with E-state index >= 15 is 0 Å². The third-order valence-electron chi connectivity index (χ3n) is 3.29. The van der Waals surface area contributed by atoms with Gasteiger partial charge in [-0.3, -0.25) is 4.31 Å². The van der Waals surface area contributed by atoms with Crippen molar-refractivity contribution in [2.75, 3.05) is 10.6 Å². The van der Waals surface area contributed by atoms with Crippen molar-refractivity contribution >= 4 is 15.7 Å². The van der Waals surface area contributed by atoms with Crippen molar-refractivity contribution < 1.29 is 8.42 Å². The van der Waals surface area contributed by atoms with Crippen molar-refractivity contribution in [1.82, 2.24) is 0 Å². The van der Waals surface area contributed by atoms with Crippen molar-refractivity contribution in [3.63, 3.8) is 0 Å². The van der Waals surface area contributed by atoms with Crippen LogP contribution in [0.4, 0.5) is 5.69 Å². The third-order valence-corrected chi connectivity index (χ3v) is 4.46. The van der Waals surface area contributed by atoms with Crippen molar-refractivity contribution in [3.8, 4) is 0 Å². The van der Waals surface area contributed by atoms with E-state index in [4.69, 9.17) is 0 Å². The van der Waals surface area contributed by atoms with Crippen molar-refractivity contribution in [1.29, 1.82) is 0 Å². The molecule has 19 heavy (non-hydrogen) atoms. The van der Waals surface area contributed by atoms with Gasteiger partial charge in [-0.1, -0.05) is 48.9 Å². The lowest BCUT2D eigenvalue weighted by atomic mass is 9.97. The monoisotopic (exact) mass is 277 g/mol. The standard InChI is InChI=1S/C15H19NO2S/c1-12-8-10-14(11-9-12)16(19(3,17)18)15-7-5-4-6-13(15)2/h4-11,13,15H,1-3H3. The summed E-state index contributed by atoms with van der Waals surface area (Å²) in [6.45, 7) is 4.01. The van der Waals surface area contributed by atoms with Gasteiger partial charge in [0, 0.05) is 0 Å². The summed E-state index contributed by atoms with van der Waals surface area (Å²) in [6, 6.07) is 7.41. The van der Waals surface area contributed by atoms with Gasteiger partial charge < -0.3 is 0 Å². The van der Waals surface area contributed by atoms with Gasteiger partial charge in [0.15, 0.2) is 0 Å². The molecule has 0 fully saturated rings. The smallest absolute Gasteiger partial charge is 0.232 e. The van der Waals surface area contributed by atoms with Gasteiger partial charge in [-0.05, 0) is 25.0 Å². The molecule has 1 aromatic rings. The Kier molecular flexibility index (Phi) is 3.80. The van der Waals surface area contributed by atoms with Gasteiger partial charge in [-0.15, -0.1) is 0 Å². The molecular weight excluding hydrogens is 258 g/mol. The minimum Gasteiger partial charge on any atom is -0.263 e. The highest BCUT2D eigenvalue weighted by Gasteiger charge is 2.29. The number of rotatable bonds is 3. The molecule has 0 spiro atoms. The Labute approximate surface area is 115 Å². The highest BCUT2D eigenvalue weighted by molar-refractivity contribution is 7.92. The summed E-state index contributed by atoms with van der Waals surface area (Å²) in [4.78, 5) is 0. The summed E-state index contributed by atoms with van der Waals surface area (Å²) < 4.78 is 25.8. The third kappa shape index (κ3) is 3.07. The Hall–Kier alpha value is -1.55. The maximum absolute atomic E-state index is 12.1. The zero-order valence-corrected chi connectivity index (χ0v) is 12.3. The van der Waals surface area contributed by atoms with Crippen LogP contribution in [0.3, 0.4) is 0 Å². The van der Waals surface area contributed by atoms with Crippen LogP contribution in [0.15, 0.2) is 48.6 Å². The van der Waals surface area contributed by atoms with Crippen LogP contribution in [0, 0.1) is 12.8 Å². The molecule has 2 atom stereocenters. The second-order valence-corrected chi connectivity index (χ2v) is 6.87. The van der Waals surface area contributed by atoms with Crippen LogP contribution in [0.5, 0.6) is 0 Å². The number of benzene rings is 1. The quantitative estimate of drug-likeness (QED) is 0.852. The molecule has 4 heteroatoms. The molecule has 0 amide bonds. The molecule has 102 valence electrons. The van der Waals surface area contributed by atoms with E-state index in [-0.39, 0.29) is 12.0 Å². The minimum atomic E-state index is -3.32. The molecule has 0 saturated heterocycles. The molecule has 0 heterocycles. The second-order valence-electron chi connectivity index (χ2n) is 5.01. The second kappa shape index (κ2) is 5.21. The van der Waals surface area contributed by atoms with Crippen molar-refractivity contribution in [2.24, 2.45) is 5.92 Å². The lowest BCUT2D eigenvalue weighted by Gasteiger charge is -2.33. The molecular formula is C15H19NO2S. The summed E-state index contributed by atoms with van der Waals surface area (Å²) >= 11 is 0. The van der Waals surface area contributed by atoms with Crippen molar-refractivity contribution in [2.45, 2.75) is 19.9 Å². The molecule has 1 aliphatic carbocycles. The van der Waals surface area contributed by atoms with E-state index in [1.165, 1.54) is 10.6 Å². The first-order valence-corrected chi connectivity index (χ1v) is 8.15. The Morgan fingerprint density at radius 3 is 2.16 bits per heavy atom. The predicted molar refractivity (Wildman–Crippen MR) is 79.7 cm³/mol. The Balaban J connectivity index is 2.45. The lowest BCUT2D eigenvalue weighted by molar-refractivity contribution is 0.567. The van der Waals surface area contributed by atoms with Crippen molar-refractivity contribution in [3.05, 3.63) is 54.1 Å². The molecule has 2 unspecified atom stereocenters. The Bertz CT molecular complexity index is 600. The van der Waals surface area contributed by atoms with Gasteiger partial charge >= 0.3 is 0 Å². The first-order valence-electron chi connectivity index (χ1n) is 6.30. The summed E-state index contributed by atoms with van der Waals surface area (Å²) in [5, 5.41) is 0. The number of sulfonamides is 1. The van der Waals surface area contributed by atoms with Crippen LogP contribution in [0.25, 0.3) is 0 Å². The maximum Gasteiger partial charge on any atom is 0.232 e. The number of anilines is 1. The van der Waals surface area contributed by atoms with E-state index < -0.39 is 10.0 Å². The van der Waals surface area contributed by atoms with Crippen LogP contribution in [0.1, 0.15) is 12.5 Å². The van der Waals surface area contributed by atoms with E-state index in [2.05, 4.69) is 0 Å². The average molecular weight is 277 g/mol. The molecule has 1 aromatic carbocycles. The molecule has 3 nitrogen and oxygen atoms in total. The van der Waals surface area contributed by atoms with Gasteiger partial charge in [0.05, 0.1) is 18.0 Å². The topological polar surface area (TPSA) is 37.4 Å². The fourth-order valence-corrected chi connectivity index (χ4v) is 3.48. The van der Waals surface area contributed by atoms with Gasteiger partial charge in [0.25, 0.3) is 0 Å². The van der Waals surface area contributed by atoms with E-state index in [0.717, 1.165) is 5.56 Å². The molecule has 0 bridgehead atoms. The Morgan fingerprint density at radius 1 is 1.05 bits per heavy atom. The normalized spacial score (nSPS) is 22.5. The summed E-state index contributed by atoms with van der Waals surface area (Å²) in [6.07, 6.45) is 9.07. The lowest BCUT2D eigenvalue weighted by Crippen LogP contribution is -2.42. The van der Waals surface area contributed by atoms with Crippen LogP contribution in [-0.4, -0.2) is 20.7 Å². The number of hydrogen-bond acceptors (Lipinski definition) is 2. The number of allylic oxidation sites excluding steroid dienone is 2. The number of aryl methyl sites for hydroxylation is 1. The molecule has 0 aromatic heterocycles. The summed E-state index contributed by atoms with van der Waals surface area (Å²) in [5.41, 5.74) is 1.83. The Morgan fingerprint density at radius 2 is 1.63 bits per heavy atom. The highest BCUT2D eigenvalue weighted by atomic mass is 32.2. The zero-order chi connectivity index (χ0) is 14.0. The van der Waals surface area contributed by atoms with Gasteiger partial charge in [-0.25, -0.2) is 8.42 Å². The molecule has 1 aliphatic rings. The molecule has 0 aliphatic heterocycles. The van der Waals surface area contributed by atoms with Crippen LogP contribution in [-0.2, 0) is 10.0 Å². The first kappa shape index (κ1) is 13.9. The zero-order valence-electron chi connectivity index (χ0n) is 11.4. The van der Waals surface area contributed by atoms with Gasteiger partial charge in [0.1, 0.15) is 0 Å². The van der Waals surface area contributed by atoms with Crippen LogP contribution < -0.4 is 4.31 Å². The minimum absolute atomic E-state index is 0.154. The van der Waals surface area contributed by atoms with Crippen LogP contribution >= 0.6 is 0 Å². The van der Waals surface area contributed by atoms with Gasteiger partial charge in [-0.2, -0.15) is 0 Å². The molecule has 0 radical (unpaired) electrons. The molecule has 0 saturated carbocycles. The van der Waals surface area contributed by atoms with Gasteiger partial charge in [0.2, 0.25) is 10.0 Å².